The van der Waals surface area contributed by atoms with Crippen molar-refractivity contribution in [1.29, 1.82) is 0 Å². The Morgan fingerprint density at radius 1 is 1.10 bits per heavy atom. The number of aromatic carboxylic acids is 1. The Kier molecular flexibility index (Phi) is 7.53. The van der Waals surface area contributed by atoms with Crippen LogP contribution >= 0.6 is 11.3 Å². The first-order valence-electron chi connectivity index (χ1n) is 12.7. The summed E-state index contributed by atoms with van der Waals surface area (Å²) in [6.07, 6.45) is 3.52. The molecule has 0 unspecified atom stereocenters. The number of anilines is 1. The van der Waals surface area contributed by atoms with Gasteiger partial charge in [0, 0.05) is 39.9 Å². The van der Waals surface area contributed by atoms with E-state index in [1.165, 1.54) is 18.2 Å². The third-order valence-corrected chi connectivity index (χ3v) is 8.18. The zero-order chi connectivity index (χ0) is 27.7. The Morgan fingerprint density at radius 3 is 2.51 bits per heavy atom. The Labute approximate surface area is 227 Å². The van der Waals surface area contributed by atoms with Crippen LogP contribution in [0.5, 0.6) is 11.5 Å². The number of carboxylic acids is 1. The maximum Gasteiger partial charge on any atom is 0.335 e. The SMILES string of the molecule is CC(F)(F)c1cc(F)ccc1-c1sc2cc(C(=O)O)ccc2c1Oc1ccc(NC2CC(CCCF)C2)cc1. The van der Waals surface area contributed by atoms with Gasteiger partial charge in [-0.15, -0.1) is 11.3 Å². The average molecular weight is 558 g/mol. The molecule has 1 aliphatic carbocycles. The fraction of sp³-hybridized carbons (Fsp3) is 0.300. The molecule has 2 N–H and O–H groups in total. The zero-order valence-electron chi connectivity index (χ0n) is 21.1. The van der Waals surface area contributed by atoms with Crippen molar-refractivity contribution in [2.24, 2.45) is 5.92 Å². The monoisotopic (exact) mass is 557 g/mol. The molecular formula is C30H27F4NO3S. The normalized spacial score (nSPS) is 17.2. The van der Waals surface area contributed by atoms with Crippen LogP contribution in [0.3, 0.4) is 0 Å². The largest absolute Gasteiger partial charge is 0.478 e. The van der Waals surface area contributed by atoms with Crippen molar-refractivity contribution in [2.75, 3.05) is 12.0 Å². The lowest BCUT2D eigenvalue weighted by atomic mass is 9.77. The van der Waals surface area contributed by atoms with Crippen molar-refractivity contribution >= 4 is 33.1 Å². The predicted molar refractivity (Wildman–Crippen MR) is 146 cm³/mol. The minimum absolute atomic E-state index is 0.0559. The Hall–Kier alpha value is -3.59. The van der Waals surface area contributed by atoms with Crippen LogP contribution in [0, 0.1) is 11.7 Å². The topological polar surface area (TPSA) is 58.6 Å². The Balaban J connectivity index is 1.46. The first kappa shape index (κ1) is 27.0. The number of hydrogen-bond acceptors (Lipinski definition) is 4. The maximum absolute atomic E-state index is 14.5. The van der Waals surface area contributed by atoms with E-state index in [0.717, 1.165) is 48.4 Å². The van der Waals surface area contributed by atoms with Gasteiger partial charge in [0.25, 0.3) is 5.92 Å². The molecule has 204 valence electrons. The maximum atomic E-state index is 14.5. The quantitative estimate of drug-likeness (QED) is 0.191. The van der Waals surface area contributed by atoms with Crippen molar-refractivity contribution in [1.82, 2.24) is 0 Å². The fourth-order valence-corrected chi connectivity index (χ4v) is 6.20. The van der Waals surface area contributed by atoms with E-state index in [9.17, 15) is 27.5 Å². The molecule has 1 aliphatic rings. The van der Waals surface area contributed by atoms with Crippen molar-refractivity contribution in [2.45, 2.75) is 44.6 Å². The highest BCUT2D eigenvalue weighted by atomic mass is 32.1. The molecule has 5 rings (SSSR count). The number of nitrogens with one attached hydrogen (secondary N) is 1. The summed E-state index contributed by atoms with van der Waals surface area (Å²) in [6.45, 7) is 0.431. The summed E-state index contributed by atoms with van der Waals surface area (Å²) < 4.78 is 62.2. The van der Waals surface area contributed by atoms with Gasteiger partial charge in [-0.1, -0.05) is 6.07 Å². The highest BCUT2D eigenvalue weighted by molar-refractivity contribution is 7.22. The van der Waals surface area contributed by atoms with Crippen molar-refractivity contribution in [3.05, 3.63) is 77.6 Å². The number of halogens is 4. The first-order valence-corrected chi connectivity index (χ1v) is 13.5. The third kappa shape index (κ3) is 5.88. The molecular weight excluding hydrogens is 530 g/mol. The van der Waals surface area contributed by atoms with E-state index in [1.807, 2.05) is 12.1 Å². The van der Waals surface area contributed by atoms with Gasteiger partial charge in [-0.25, -0.2) is 18.0 Å². The number of carboxylic acid groups (broad SMARTS) is 1. The summed E-state index contributed by atoms with van der Waals surface area (Å²) in [5.74, 6) is -3.91. The van der Waals surface area contributed by atoms with Crippen LogP contribution in [0.4, 0.5) is 23.2 Å². The van der Waals surface area contributed by atoms with Gasteiger partial charge >= 0.3 is 5.97 Å². The lowest BCUT2D eigenvalue weighted by molar-refractivity contribution is 0.0178. The molecule has 3 aromatic carbocycles. The Morgan fingerprint density at radius 2 is 1.85 bits per heavy atom. The van der Waals surface area contributed by atoms with Crippen LogP contribution in [-0.4, -0.2) is 23.8 Å². The van der Waals surface area contributed by atoms with Crippen molar-refractivity contribution < 1.29 is 32.2 Å². The first-order chi connectivity index (χ1) is 18.6. The van der Waals surface area contributed by atoms with Crippen LogP contribution in [0.25, 0.3) is 20.5 Å². The molecule has 0 bridgehead atoms. The second kappa shape index (κ2) is 10.9. The molecule has 1 saturated carbocycles. The molecule has 0 saturated heterocycles. The zero-order valence-corrected chi connectivity index (χ0v) is 22.0. The molecule has 4 nitrogen and oxygen atoms in total. The number of rotatable bonds is 10. The van der Waals surface area contributed by atoms with Crippen LogP contribution in [0.2, 0.25) is 0 Å². The van der Waals surface area contributed by atoms with Crippen molar-refractivity contribution in [3.63, 3.8) is 0 Å². The summed E-state index contributed by atoms with van der Waals surface area (Å²) in [5, 5.41) is 13.5. The summed E-state index contributed by atoms with van der Waals surface area (Å²) in [5.41, 5.74) is 0.592. The minimum Gasteiger partial charge on any atom is -0.478 e. The van der Waals surface area contributed by atoms with Gasteiger partial charge in [-0.3, -0.25) is 4.39 Å². The number of fused-ring (bicyclic) bond motifs is 1. The van der Waals surface area contributed by atoms with Crippen LogP contribution in [0.1, 0.15) is 48.5 Å². The molecule has 4 aromatic rings. The molecule has 9 heteroatoms. The highest BCUT2D eigenvalue weighted by Gasteiger charge is 2.31. The van der Waals surface area contributed by atoms with Crippen LogP contribution in [0.15, 0.2) is 60.7 Å². The standard InChI is InChI=1S/C30H27F4NO3S/c1-30(33,34)25-16-19(32)5-11-23(25)28-27(24-10-4-18(29(36)37)15-26(24)39-28)38-22-8-6-20(7-9-22)35-21-13-17(14-21)3-2-12-31/h4-11,15-17,21,35H,2-3,12-14H2,1H3,(H,36,37). The third-order valence-electron chi connectivity index (χ3n) is 7.02. The second-order valence-electron chi connectivity index (χ2n) is 9.99. The van der Waals surface area contributed by atoms with E-state index >= 15 is 0 Å². The lowest BCUT2D eigenvalue weighted by Crippen LogP contribution is -2.35. The number of ether oxygens (including phenoxy) is 1. The van der Waals surface area contributed by atoms with Crippen LogP contribution < -0.4 is 10.1 Å². The highest BCUT2D eigenvalue weighted by Crippen LogP contribution is 2.49. The molecule has 1 fully saturated rings. The number of alkyl halides is 3. The fourth-order valence-electron chi connectivity index (χ4n) is 4.99. The summed E-state index contributed by atoms with van der Waals surface area (Å²) >= 11 is 1.11. The number of benzene rings is 3. The summed E-state index contributed by atoms with van der Waals surface area (Å²) in [6, 6.07) is 15.3. The molecule has 1 aromatic heterocycles. The average Bonchev–Trinajstić information content (AvgIpc) is 3.23. The van der Waals surface area contributed by atoms with E-state index in [4.69, 9.17) is 4.74 Å². The van der Waals surface area contributed by atoms with E-state index in [2.05, 4.69) is 5.32 Å². The molecule has 0 aliphatic heterocycles. The van der Waals surface area contributed by atoms with E-state index < -0.39 is 23.3 Å². The van der Waals surface area contributed by atoms with Gasteiger partial charge in [0.05, 0.1) is 17.1 Å². The smallest absolute Gasteiger partial charge is 0.335 e. The molecule has 1 heterocycles. The molecule has 0 spiro atoms. The van der Waals surface area contributed by atoms with Gasteiger partial charge in [0.2, 0.25) is 0 Å². The summed E-state index contributed by atoms with van der Waals surface area (Å²) in [4.78, 5) is 11.9. The molecule has 0 radical (unpaired) electrons. The van der Waals surface area contributed by atoms with E-state index in [1.54, 1.807) is 18.2 Å². The van der Waals surface area contributed by atoms with E-state index in [-0.39, 0.29) is 17.8 Å². The molecule has 0 atom stereocenters. The Bertz CT molecular complexity index is 1490. The number of hydrogen-bond donors (Lipinski definition) is 2. The molecule has 0 amide bonds. The minimum atomic E-state index is -3.32. The second-order valence-corrected chi connectivity index (χ2v) is 11.0. The number of carbonyl (C=O) groups is 1. The lowest BCUT2D eigenvalue weighted by Gasteiger charge is -2.36. The van der Waals surface area contributed by atoms with Crippen LogP contribution in [-0.2, 0) is 5.92 Å². The summed E-state index contributed by atoms with van der Waals surface area (Å²) in [7, 11) is 0. The van der Waals surface area contributed by atoms with Gasteiger partial charge in [0.15, 0.2) is 5.75 Å². The van der Waals surface area contributed by atoms with Gasteiger partial charge in [-0.05, 0) is 86.2 Å². The van der Waals surface area contributed by atoms with Gasteiger partial charge in [-0.2, -0.15) is 0 Å². The van der Waals surface area contributed by atoms with E-state index in [0.29, 0.717) is 51.8 Å². The van der Waals surface area contributed by atoms with Crippen molar-refractivity contribution in [3.8, 4) is 21.9 Å². The number of thiophene rings is 1. The molecule has 39 heavy (non-hydrogen) atoms. The van der Waals surface area contributed by atoms with Gasteiger partial charge in [0.1, 0.15) is 11.6 Å². The van der Waals surface area contributed by atoms with Gasteiger partial charge < -0.3 is 15.2 Å². The predicted octanol–water partition coefficient (Wildman–Crippen LogP) is 9.25.